The van der Waals surface area contributed by atoms with Crippen LogP contribution in [0, 0.1) is 34.3 Å². The first-order valence-electron chi connectivity index (χ1n) is 25.1. The molecule has 428 valence electrons. The van der Waals surface area contributed by atoms with Gasteiger partial charge in [-0.15, -0.1) is 0 Å². The first-order valence-corrected chi connectivity index (χ1v) is 25.1. The second kappa shape index (κ2) is 23.9. The molecule has 7 rings (SSSR count). The number of nitrogens with one attached hydrogen (secondary N) is 4. The molecule has 5 N–H and O–H groups in total. The molecule has 2 bridgehead atoms. The van der Waals surface area contributed by atoms with Gasteiger partial charge in [0.1, 0.15) is 29.5 Å². The Morgan fingerprint density at radius 3 is 1.80 bits per heavy atom. The van der Waals surface area contributed by atoms with E-state index < -0.39 is 114 Å². The highest BCUT2D eigenvalue weighted by molar-refractivity contribution is 5.88. The molecular formula is C53H60F10N10O6. The summed E-state index contributed by atoms with van der Waals surface area (Å²) in [6.45, 7) is 2.06. The Morgan fingerprint density at radius 2 is 1.32 bits per heavy atom. The number of alkyl halides is 8. The molecule has 3 unspecified atom stereocenters. The molecule has 0 aliphatic carbocycles. The van der Waals surface area contributed by atoms with Crippen LogP contribution in [0.4, 0.5) is 49.7 Å². The molecule has 3 saturated heterocycles. The molecule has 0 radical (unpaired) electrons. The molecule has 4 aromatic rings. The van der Waals surface area contributed by atoms with Gasteiger partial charge in [0, 0.05) is 86.8 Å². The van der Waals surface area contributed by atoms with Crippen LogP contribution < -0.4 is 26.3 Å². The summed E-state index contributed by atoms with van der Waals surface area (Å²) in [5, 5.41) is 22.4. The molecular weight excluding hydrogens is 1060 g/mol. The summed E-state index contributed by atoms with van der Waals surface area (Å²) in [7, 11) is 0. The van der Waals surface area contributed by atoms with Crippen LogP contribution in [0.1, 0.15) is 83.2 Å². The highest BCUT2D eigenvalue weighted by atomic mass is 19.4. The number of aliphatic hydroxyl groups excluding tert-OH is 1. The number of hydrogen-bond acceptors (Lipinski definition) is 11. The van der Waals surface area contributed by atoms with Gasteiger partial charge in [0.25, 0.3) is 5.91 Å². The fourth-order valence-electron chi connectivity index (χ4n) is 9.73. The number of amides is 4. The standard InChI is InChI=1S/C53H60F10N10O6/c1-29(74)65-45(50(3,4)52(58,59)60)47(77)67-42(19-32-10-7-31(8-11-32)9-12-33-13-16-44(64-22-33)70-23-35-14-15-36(24-70)73(35)37-27-79-28-37)43(76)26-71(69-48(78)46(66-30(2)75)51(5,6)53(61,62)63)25-38-39(54)20-34(21-40(38)55)41-17-18-72(68-41)49(56)57/h7-8,10-11,13,16-18,20-22,35-37,42-43,45-46,49,76H,14-15,19,23-28H2,1-6H3,(H,65,74)(H,66,75)(H,67,77)(H,69,78)/t35?,36?,42-,43-,45?,46+/m0/s1. The molecule has 16 nitrogen and oxygen atoms in total. The molecule has 3 aliphatic rings. The van der Waals surface area contributed by atoms with Gasteiger partial charge in [0.2, 0.25) is 17.7 Å². The van der Waals surface area contributed by atoms with Gasteiger partial charge < -0.3 is 30.7 Å². The number of aromatic nitrogens is 3. The first-order chi connectivity index (χ1) is 36.9. The van der Waals surface area contributed by atoms with Gasteiger partial charge in [0.15, 0.2) is 0 Å². The van der Waals surface area contributed by atoms with E-state index in [-0.39, 0.29) is 15.9 Å². The van der Waals surface area contributed by atoms with E-state index >= 15 is 8.78 Å². The number of carbonyl (C=O) groups excluding carboxylic acids is 4. The Morgan fingerprint density at radius 1 is 0.772 bits per heavy atom. The van der Waals surface area contributed by atoms with E-state index in [9.17, 15) is 59.4 Å². The van der Waals surface area contributed by atoms with E-state index in [2.05, 4.69) is 42.5 Å². The van der Waals surface area contributed by atoms with Gasteiger partial charge in [0.05, 0.1) is 47.9 Å². The quantitative estimate of drug-likeness (QED) is 0.0411. The maximum absolute atomic E-state index is 16.0. The van der Waals surface area contributed by atoms with Crippen molar-refractivity contribution in [3.05, 3.63) is 101 Å². The van der Waals surface area contributed by atoms with E-state index in [1.807, 2.05) is 22.8 Å². The lowest BCUT2D eigenvalue weighted by Crippen LogP contribution is -2.63. The van der Waals surface area contributed by atoms with Crippen LogP contribution in [0.3, 0.4) is 0 Å². The number of piperazine rings is 1. The summed E-state index contributed by atoms with van der Waals surface area (Å²) in [5.41, 5.74) is -4.05. The third-order valence-corrected chi connectivity index (χ3v) is 14.6. The van der Waals surface area contributed by atoms with Crippen LogP contribution in [0.25, 0.3) is 11.3 Å². The van der Waals surface area contributed by atoms with E-state index in [1.54, 1.807) is 18.3 Å². The van der Waals surface area contributed by atoms with E-state index in [0.717, 1.165) is 71.1 Å². The Kier molecular flexibility index (Phi) is 18.1. The topological polar surface area (TPSA) is 186 Å². The summed E-state index contributed by atoms with van der Waals surface area (Å²) in [6.07, 6.45) is -8.09. The lowest BCUT2D eigenvalue weighted by molar-refractivity contribution is -0.222. The van der Waals surface area contributed by atoms with Crippen molar-refractivity contribution in [3.8, 4) is 23.1 Å². The second-order valence-corrected chi connectivity index (χ2v) is 21.1. The molecule has 3 fully saturated rings. The zero-order valence-electron chi connectivity index (χ0n) is 43.8. The van der Waals surface area contributed by atoms with Crippen molar-refractivity contribution >= 4 is 29.4 Å². The van der Waals surface area contributed by atoms with Crippen LogP contribution in [0.15, 0.2) is 67.0 Å². The van der Waals surface area contributed by atoms with Crippen LogP contribution in [0.2, 0.25) is 0 Å². The lowest BCUT2D eigenvalue weighted by Gasteiger charge is -2.47. The first kappa shape index (κ1) is 59.8. The maximum atomic E-state index is 16.0. The maximum Gasteiger partial charge on any atom is 0.396 e. The number of nitrogens with zero attached hydrogens (tertiary/aromatic N) is 6. The summed E-state index contributed by atoms with van der Waals surface area (Å²) in [6, 6.07) is 7.13. The third kappa shape index (κ3) is 14.0. The van der Waals surface area contributed by atoms with Crippen LogP contribution in [0.5, 0.6) is 0 Å². The number of rotatable bonds is 19. The molecule has 3 aliphatic heterocycles. The fraction of sp³-hybridized carbons (Fsp3) is 0.509. The number of anilines is 1. The monoisotopic (exact) mass is 1120 g/mol. The second-order valence-electron chi connectivity index (χ2n) is 21.1. The number of hydrogen-bond donors (Lipinski definition) is 5. The van der Waals surface area contributed by atoms with Gasteiger partial charge in [-0.25, -0.2) is 23.5 Å². The minimum atomic E-state index is -5.16. The van der Waals surface area contributed by atoms with Crippen LogP contribution in [-0.2, 0) is 36.9 Å². The molecule has 4 amide bonds. The number of benzene rings is 2. The van der Waals surface area contributed by atoms with E-state index in [4.69, 9.17) is 4.74 Å². The van der Waals surface area contributed by atoms with E-state index in [1.165, 1.54) is 12.1 Å². The van der Waals surface area contributed by atoms with Crippen molar-refractivity contribution in [2.24, 2.45) is 10.8 Å². The predicted octanol–water partition coefficient (Wildman–Crippen LogP) is 6.18. The number of halogens is 10. The van der Waals surface area contributed by atoms with Gasteiger partial charge in [-0.05, 0) is 95.0 Å². The Hall–Kier alpha value is -6.82. The average molecular weight is 1120 g/mol. The molecule has 6 atom stereocenters. The van der Waals surface area contributed by atoms with Crippen molar-refractivity contribution in [1.82, 2.24) is 46.0 Å². The van der Waals surface area contributed by atoms with Crippen molar-refractivity contribution in [3.63, 3.8) is 0 Å². The Balaban J connectivity index is 1.17. The SMILES string of the molecule is CC(=O)NC(C(=O)N[C@@H](Cc1ccc(C#Cc2ccc(N3CC4CCC(C3)N4C3COC3)nc2)cc1)[C@@H](O)CN(Cc1c(F)cc(-c2ccn(C(F)F)n2)cc1F)NC(=O)[C@@H](NC(C)=O)C(C)(C)C(F)(F)F)C(C)(C)C(F)(F)F. The van der Waals surface area contributed by atoms with Gasteiger partial charge in [-0.2, -0.15) is 40.2 Å². The van der Waals surface area contributed by atoms with Crippen LogP contribution >= 0.6 is 0 Å². The molecule has 0 saturated carbocycles. The zero-order chi connectivity index (χ0) is 57.9. The van der Waals surface area contributed by atoms with E-state index in [0.29, 0.717) is 79.7 Å². The smallest absolute Gasteiger partial charge is 0.390 e. The molecule has 26 heteroatoms. The normalized spacial score (nSPS) is 18.7. The molecule has 2 aromatic carbocycles. The third-order valence-electron chi connectivity index (χ3n) is 14.6. The summed E-state index contributed by atoms with van der Waals surface area (Å²) in [5.74, 6) is -1.11. The van der Waals surface area contributed by atoms with Crippen molar-refractivity contribution in [2.75, 3.05) is 37.7 Å². The number of fused-ring (bicyclic) bond motifs is 2. The van der Waals surface area contributed by atoms with Gasteiger partial charge >= 0.3 is 18.9 Å². The van der Waals surface area contributed by atoms with Gasteiger partial charge in [-0.3, -0.25) is 29.5 Å². The number of carbonyl (C=O) groups is 4. The number of pyridine rings is 1. The Labute approximate surface area is 448 Å². The summed E-state index contributed by atoms with van der Waals surface area (Å²) >= 11 is 0. The zero-order valence-corrected chi connectivity index (χ0v) is 43.8. The van der Waals surface area contributed by atoms with Crippen molar-refractivity contribution in [1.29, 1.82) is 0 Å². The van der Waals surface area contributed by atoms with Gasteiger partial charge in [-0.1, -0.05) is 24.0 Å². The summed E-state index contributed by atoms with van der Waals surface area (Å²) < 4.78 is 151. The average Bonchev–Trinajstić information content (AvgIpc) is 4.03. The number of hydrazine groups is 1. The number of aliphatic hydroxyl groups is 1. The summed E-state index contributed by atoms with van der Waals surface area (Å²) in [4.78, 5) is 61.9. The van der Waals surface area contributed by atoms with Crippen molar-refractivity contribution < 1.29 is 72.9 Å². The Bertz CT molecular complexity index is 2870. The highest BCUT2D eigenvalue weighted by Crippen LogP contribution is 2.42. The van der Waals surface area contributed by atoms with Crippen molar-refractivity contribution in [2.45, 2.75) is 129 Å². The molecule has 2 aromatic heterocycles. The predicted molar refractivity (Wildman–Crippen MR) is 266 cm³/mol. The number of ether oxygens (including phenoxy) is 1. The minimum absolute atomic E-state index is 0.210. The minimum Gasteiger partial charge on any atom is -0.390 e. The molecule has 5 heterocycles. The van der Waals surface area contributed by atoms with Crippen LogP contribution in [-0.4, -0.2) is 141 Å². The largest absolute Gasteiger partial charge is 0.396 e. The fourth-order valence-corrected chi connectivity index (χ4v) is 9.73. The lowest BCUT2D eigenvalue weighted by atomic mass is 9.82. The highest BCUT2D eigenvalue weighted by Gasteiger charge is 2.57. The molecule has 79 heavy (non-hydrogen) atoms. The molecule has 0 spiro atoms.